The first kappa shape index (κ1) is 22.0. The number of amides is 2. The van der Waals surface area contributed by atoms with Gasteiger partial charge < -0.3 is 14.5 Å². The van der Waals surface area contributed by atoms with Crippen LogP contribution in [0.3, 0.4) is 0 Å². The molecule has 1 saturated carbocycles. The molecular formula is C26H28N2O4S. The van der Waals surface area contributed by atoms with E-state index in [1.54, 1.807) is 16.7 Å². The Bertz CT molecular complexity index is 1070. The molecule has 6 nitrogen and oxygen atoms in total. The lowest BCUT2D eigenvalue weighted by Gasteiger charge is -2.32. The van der Waals surface area contributed by atoms with E-state index < -0.39 is 11.9 Å². The van der Waals surface area contributed by atoms with E-state index in [4.69, 9.17) is 4.74 Å². The number of hydrogen-bond acceptors (Lipinski definition) is 5. The Labute approximate surface area is 198 Å². The first-order valence-electron chi connectivity index (χ1n) is 11.7. The largest absolute Gasteiger partial charge is 0.455 e. The smallest absolute Gasteiger partial charge is 0.310 e. The third kappa shape index (κ3) is 4.38. The van der Waals surface area contributed by atoms with Crippen molar-refractivity contribution in [3.8, 4) is 0 Å². The van der Waals surface area contributed by atoms with Gasteiger partial charge >= 0.3 is 5.97 Å². The SMILES string of the molecule is O=C(OCC(=O)N1CCSc2ccccc21)[C@H]1CCCC[C@H]1C(=O)N1CCc2ccccc21. The summed E-state index contributed by atoms with van der Waals surface area (Å²) in [4.78, 5) is 43.9. The Morgan fingerprint density at radius 3 is 2.45 bits per heavy atom. The van der Waals surface area contributed by atoms with Crippen LogP contribution in [0.4, 0.5) is 11.4 Å². The second-order valence-electron chi connectivity index (χ2n) is 8.84. The van der Waals surface area contributed by atoms with Crippen LogP contribution < -0.4 is 9.80 Å². The van der Waals surface area contributed by atoms with Crippen molar-refractivity contribution < 1.29 is 19.1 Å². The molecule has 2 heterocycles. The van der Waals surface area contributed by atoms with E-state index in [9.17, 15) is 14.4 Å². The number of rotatable bonds is 4. The lowest BCUT2D eigenvalue weighted by atomic mass is 9.78. The van der Waals surface area contributed by atoms with Crippen molar-refractivity contribution in [1.82, 2.24) is 0 Å². The standard InChI is InChI=1S/C26H28N2O4S/c29-24(27-15-16-33-23-12-6-5-11-22(23)27)17-32-26(31)20-9-3-2-8-19(20)25(30)28-14-13-18-7-1-4-10-21(18)28/h1,4-7,10-12,19-20H,2-3,8-9,13-17H2/t19-,20+/m1/s1. The van der Waals surface area contributed by atoms with Crippen molar-refractivity contribution in [3.05, 3.63) is 54.1 Å². The highest BCUT2D eigenvalue weighted by molar-refractivity contribution is 7.99. The molecule has 2 atom stereocenters. The number of nitrogens with zero attached hydrogens (tertiary/aromatic N) is 2. The molecular weight excluding hydrogens is 436 g/mol. The zero-order valence-electron chi connectivity index (χ0n) is 18.6. The number of thioether (sulfide) groups is 1. The van der Waals surface area contributed by atoms with Gasteiger partial charge in [0.05, 0.1) is 17.5 Å². The van der Waals surface area contributed by atoms with E-state index >= 15 is 0 Å². The highest BCUT2D eigenvalue weighted by atomic mass is 32.2. The molecule has 2 aliphatic heterocycles. The summed E-state index contributed by atoms with van der Waals surface area (Å²) in [5.41, 5.74) is 3.00. The van der Waals surface area contributed by atoms with Crippen LogP contribution in [0.5, 0.6) is 0 Å². The Balaban J connectivity index is 1.24. The minimum Gasteiger partial charge on any atom is -0.455 e. The highest BCUT2D eigenvalue weighted by Gasteiger charge is 2.40. The average Bonchev–Trinajstić information content (AvgIpc) is 3.30. The van der Waals surface area contributed by atoms with Crippen molar-refractivity contribution in [3.63, 3.8) is 0 Å². The van der Waals surface area contributed by atoms with Crippen LogP contribution in [0.2, 0.25) is 0 Å². The van der Waals surface area contributed by atoms with Crippen LogP contribution in [0, 0.1) is 11.8 Å². The van der Waals surface area contributed by atoms with Crippen molar-refractivity contribution in [2.24, 2.45) is 11.8 Å². The first-order chi connectivity index (χ1) is 16.1. The number of ether oxygens (including phenoxy) is 1. The van der Waals surface area contributed by atoms with E-state index in [0.29, 0.717) is 25.9 Å². The van der Waals surface area contributed by atoms with Crippen LogP contribution in [0.25, 0.3) is 0 Å². The number of hydrogen-bond donors (Lipinski definition) is 0. The summed E-state index contributed by atoms with van der Waals surface area (Å²) in [5, 5.41) is 0. The van der Waals surface area contributed by atoms with Gasteiger partial charge in [0.2, 0.25) is 5.91 Å². The summed E-state index contributed by atoms with van der Waals surface area (Å²) < 4.78 is 5.52. The summed E-state index contributed by atoms with van der Waals surface area (Å²) in [6.45, 7) is 0.958. The molecule has 172 valence electrons. The molecule has 2 aromatic carbocycles. The predicted molar refractivity (Wildman–Crippen MR) is 128 cm³/mol. The molecule has 0 unspecified atom stereocenters. The Morgan fingerprint density at radius 2 is 1.61 bits per heavy atom. The second-order valence-corrected chi connectivity index (χ2v) is 9.97. The molecule has 33 heavy (non-hydrogen) atoms. The van der Waals surface area contributed by atoms with Crippen LogP contribution in [-0.4, -0.2) is 43.2 Å². The van der Waals surface area contributed by atoms with E-state index in [1.807, 2.05) is 47.4 Å². The molecule has 0 bridgehead atoms. The van der Waals surface area contributed by atoms with Gasteiger partial charge in [0, 0.05) is 29.4 Å². The fraction of sp³-hybridized carbons (Fsp3) is 0.423. The molecule has 0 saturated heterocycles. The number of anilines is 2. The van der Waals surface area contributed by atoms with Gasteiger partial charge in [0.25, 0.3) is 5.91 Å². The molecule has 7 heteroatoms. The monoisotopic (exact) mass is 464 g/mol. The fourth-order valence-corrected chi connectivity index (χ4v) is 6.22. The van der Waals surface area contributed by atoms with Crippen LogP contribution in [-0.2, 0) is 25.5 Å². The molecule has 0 radical (unpaired) electrons. The molecule has 2 aromatic rings. The normalized spacial score (nSPS) is 21.8. The molecule has 0 spiro atoms. The van der Waals surface area contributed by atoms with Gasteiger partial charge in [-0.1, -0.05) is 43.2 Å². The summed E-state index contributed by atoms with van der Waals surface area (Å²) >= 11 is 1.72. The second kappa shape index (κ2) is 9.59. The van der Waals surface area contributed by atoms with Crippen molar-refractivity contribution in [2.45, 2.75) is 37.0 Å². The molecule has 2 amide bonds. The number of para-hydroxylation sites is 2. The van der Waals surface area contributed by atoms with E-state index in [0.717, 1.165) is 41.3 Å². The molecule has 0 N–H and O–H groups in total. The lowest BCUT2D eigenvalue weighted by molar-refractivity contribution is -0.156. The van der Waals surface area contributed by atoms with Gasteiger partial charge in [0.1, 0.15) is 0 Å². The number of fused-ring (bicyclic) bond motifs is 2. The van der Waals surface area contributed by atoms with Gasteiger partial charge in [-0.05, 0) is 43.0 Å². The average molecular weight is 465 g/mol. The maximum Gasteiger partial charge on any atom is 0.310 e. The van der Waals surface area contributed by atoms with Gasteiger partial charge in [-0.25, -0.2) is 0 Å². The minimum absolute atomic E-state index is 0.00918. The van der Waals surface area contributed by atoms with E-state index in [-0.39, 0.29) is 24.3 Å². The third-order valence-corrected chi connectivity index (χ3v) is 7.95. The summed E-state index contributed by atoms with van der Waals surface area (Å²) in [6.07, 6.45) is 3.97. The maximum absolute atomic E-state index is 13.4. The molecule has 0 aromatic heterocycles. The topological polar surface area (TPSA) is 66.9 Å². The van der Waals surface area contributed by atoms with Gasteiger partial charge in [-0.3, -0.25) is 14.4 Å². The number of carbonyl (C=O) groups is 3. The zero-order valence-corrected chi connectivity index (χ0v) is 19.4. The lowest BCUT2D eigenvalue weighted by Crippen LogP contribution is -2.43. The van der Waals surface area contributed by atoms with Crippen molar-refractivity contribution in [1.29, 1.82) is 0 Å². The van der Waals surface area contributed by atoms with Crippen LogP contribution in [0.1, 0.15) is 31.2 Å². The summed E-state index contributed by atoms with van der Waals surface area (Å²) in [7, 11) is 0. The van der Waals surface area contributed by atoms with Crippen molar-refractivity contribution >= 4 is 40.9 Å². The van der Waals surface area contributed by atoms with Gasteiger partial charge in [0.15, 0.2) is 6.61 Å². The number of benzene rings is 2. The van der Waals surface area contributed by atoms with E-state index in [1.165, 1.54) is 5.56 Å². The Kier molecular flexibility index (Phi) is 6.40. The van der Waals surface area contributed by atoms with Gasteiger partial charge in [-0.2, -0.15) is 0 Å². The first-order valence-corrected chi connectivity index (χ1v) is 12.7. The Morgan fingerprint density at radius 1 is 0.879 bits per heavy atom. The predicted octanol–water partition coefficient (Wildman–Crippen LogP) is 4.06. The molecule has 1 fully saturated rings. The summed E-state index contributed by atoms with van der Waals surface area (Å²) in [6, 6.07) is 15.8. The minimum atomic E-state index is -0.490. The third-order valence-electron chi connectivity index (χ3n) is 6.91. The molecule has 1 aliphatic carbocycles. The number of esters is 1. The molecule has 3 aliphatic rings. The van der Waals surface area contributed by atoms with E-state index in [2.05, 4.69) is 6.07 Å². The zero-order chi connectivity index (χ0) is 22.8. The highest BCUT2D eigenvalue weighted by Crippen LogP contribution is 2.37. The van der Waals surface area contributed by atoms with Crippen LogP contribution in [0.15, 0.2) is 53.4 Å². The summed E-state index contributed by atoms with van der Waals surface area (Å²) in [5.74, 6) is -0.699. The maximum atomic E-state index is 13.4. The van der Waals surface area contributed by atoms with Crippen LogP contribution >= 0.6 is 11.8 Å². The number of carbonyl (C=O) groups excluding carboxylic acids is 3. The van der Waals surface area contributed by atoms with Gasteiger partial charge in [-0.15, -0.1) is 11.8 Å². The quantitative estimate of drug-likeness (QED) is 0.639. The molecule has 5 rings (SSSR count). The Hall–Kier alpha value is -2.80. The fourth-order valence-electron chi connectivity index (χ4n) is 5.22. The van der Waals surface area contributed by atoms with Crippen molar-refractivity contribution in [2.75, 3.05) is 35.2 Å².